The van der Waals surface area contributed by atoms with Crippen LogP contribution in [0.4, 0.5) is 5.69 Å². The Morgan fingerprint density at radius 3 is 2.11 bits per heavy atom. The van der Waals surface area contributed by atoms with Crippen LogP contribution in [0.25, 0.3) is 0 Å². The first-order valence-electron chi connectivity index (χ1n) is 12.2. The zero-order valence-electron chi connectivity index (χ0n) is 21.5. The Hall–Kier alpha value is -2.30. The highest BCUT2D eigenvalue weighted by Gasteiger charge is 2.29. The summed E-state index contributed by atoms with van der Waals surface area (Å²) in [6, 6.07) is 13.2. The van der Waals surface area contributed by atoms with Crippen molar-refractivity contribution >= 4 is 41.0 Å². The molecule has 0 radical (unpaired) electrons. The normalized spacial score (nSPS) is 14.9. The summed E-state index contributed by atoms with van der Waals surface area (Å²) in [6.07, 6.45) is -1.30. The minimum atomic E-state index is -2.27. The predicted octanol–water partition coefficient (Wildman–Crippen LogP) is 3.59. The quantitative estimate of drug-likeness (QED) is 0.275. The zero-order valence-corrected chi connectivity index (χ0v) is 23.0. The molecule has 2 aromatic carbocycles. The first kappa shape index (κ1) is 30.9. The third-order valence-corrected chi connectivity index (χ3v) is 7.29. The van der Waals surface area contributed by atoms with Crippen LogP contribution in [0, 0.1) is 0 Å². The van der Waals surface area contributed by atoms with Crippen LogP contribution < -0.4 is 10.6 Å². The van der Waals surface area contributed by atoms with Crippen molar-refractivity contribution in [3.8, 4) is 0 Å². The molecule has 0 spiro atoms. The number of hydrogen-bond donors (Lipinski definition) is 6. The molecular weight excluding hydrogens is 516 g/mol. The number of aryl methyl sites for hydroxylation is 1. The molecule has 204 valence electrons. The van der Waals surface area contributed by atoms with Crippen molar-refractivity contribution in [2.75, 3.05) is 24.2 Å². The molecule has 0 fully saturated rings. The molecule has 1 aliphatic rings. The number of carboxylic acid groups (broad SMARTS) is 2. The first-order chi connectivity index (χ1) is 17.4. The maximum atomic E-state index is 9.77. The van der Waals surface area contributed by atoms with Crippen molar-refractivity contribution in [1.29, 1.82) is 0 Å². The van der Waals surface area contributed by atoms with E-state index in [0.717, 1.165) is 49.6 Å². The number of fused-ring (bicyclic) bond motifs is 1. The van der Waals surface area contributed by atoms with Crippen LogP contribution in [0.3, 0.4) is 0 Å². The van der Waals surface area contributed by atoms with Gasteiger partial charge in [-0.25, -0.2) is 9.59 Å². The molecule has 1 aliphatic heterocycles. The Morgan fingerprint density at radius 1 is 0.973 bits per heavy atom. The highest BCUT2D eigenvalue weighted by Crippen LogP contribution is 2.31. The summed E-state index contributed by atoms with van der Waals surface area (Å²) in [5.74, 6) is -2.37. The number of hydrogen-bond acceptors (Lipinski definition) is 7. The molecule has 0 saturated carbocycles. The summed E-state index contributed by atoms with van der Waals surface area (Å²) >= 11 is 8.54. The van der Waals surface area contributed by atoms with Crippen LogP contribution in [0.15, 0.2) is 36.4 Å². The van der Waals surface area contributed by atoms with Gasteiger partial charge in [0.25, 0.3) is 0 Å². The number of benzene rings is 2. The van der Waals surface area contributed by atoms with Gasteiger partial charge in [0.2, 0.25) is 0 Å². The number of nitrogens with one attached hydrogen (secondary N) is 2. The predicted molar refractivity (Wildman–Crippen MR) is 149 cm³/mol. The Balaban J connectivity index is 0.000000410. The lowest BCUT2D eigenvalue weighted by Crippen LogP contribution is -2.39. The largest absolute Gasteiger partial charge is 0.479 e. The summed E-state index contributed by atoms with van der Waals surface area (Å²) in [5, 5.41) is 40.4. The first-order valence-corrected chi connectivity index (χ1v) is 13.5. The van der Waals surface area contributed by atoms with Gasteiger partial charge in [-0.2, -0.15) is 11.8 Å². The Kier molecular flexibility index (Phi) is 12.2. The maximum absolute atomic E-state index is 9.77. The van der Waals surface area contributed by atoms with E-state index in [1.165, 1.54) is 28.0 Å². The molecule has 0 aliphatic carbocycles. The third-order valence-electron chi connectivity index (χ3n) is 5.71. The Labute approximate surface area is 227 Å². The van der Waals surface area contributed by atoms with Gasteiger partial charge in [0.05, 0.1) is 10.7 Å². The minimum Gasteiger partial charge on any atom is -0.479 e. The Bertz CT molecular complexity index is 1020. The topological polar surface area (TPSA) is 139 Å². The van der Waals surface area contributed by atoms with Gasteiger partial charge in [-0.1, -0.05) is 62.7 Å². The molecule has 1 heterocycles. The van der Waals surface area contributed by atoms with Crippen LogP contribution in [0.1, 0.15) is 43.0 Å². The Morgan fingerprint density at radius 2 is 1.54 bits per heavy atom. The van der Waals surface area contributed by atoms with E-state index in [2.05, 4.69) is 61.7 Å². The number of carboxylic acids is 2. The second kappa shape index (κ2) is 14.6. The smallest absolute Gasteiger partial charge is 0.335 e. The molecule has 10 heteroatoms. The summed E-state index contributed by atoms with van der Waals surface area (Å²) < 4.78 is 0.340. The fraction of sp³-hybridized carbons (Fsp3) is 0.481. The van der Waals surface area contributed by atoms with Crippen molar-refractivity contribution in [1.82, 2.24) is 5.32 Å². The summed E-state index contributed by atoms with van der Waals surface area (Å²) in [4.78, 5) is 19.5. The molecule has 37 heavy (non-hydrogen) atoms. The average Bonchev–Trinajstić information content (AvgIpc) is 3.08. The fourth-order valence-electron chi connectivity index (χ4n) is 3.69. The second-order valence-electron chi connectivity index (χ2n) is 9.76. The van der Waals surface area contributed by atoms with Crippen LogP contribution >= 0.6 is 23.4 Å². The van der Waals surface area contributed by atoms with Gasteiger partial charge in [-0.3, -0.25) is 0 Å². The monoisotopic (exact) mass is 552 g/mol. The van der Waals surface area contributed by atoms with Crippen molar-refractivity contribution in [3.05, 3.63) is 63.7 Å². The summed E-state index contributed by atoms with van der Waals surface area (Å²) in [5.41, 5.74) is 6.61. The van der Waals surface area contributed by atoms with Crippen molar-refractivity contribution in [3.63, 3.8) is 0 Å². The number of anilines is 1. The van der Waals surface area contributed by atoms with Gasteiger partial charge in [-0.15, -0.1) is 0 Å². The number of rotatable bonds is 9. The number of aliphatic hydroxyl groups is 2. The molecule has 8 nitrogen and oxygen atoms in total. The molecule has 3 rings (SSSR count). The minimum absolute atomic E-state index is 0.340. The summed E-state index contributed by atoms with van der Waals surface area (Å²) in [7, 11) is 0. The average molecular weight is 553 g/mol. The van der Waals surface area contributed by atoms with Crippen LogP contribution in [0.2, 0.25) is 5.02 Å². The fourth-order valence-corrected chi connectivity index (χ4v) is 4.89. The van der Waals surface area contributed by atoms with E-state index in [-0.39, 0.29) is 0 Å². The van der Waals surface area contributed by atoms with E-state index in [0.29, 0.717) is 4.75 Å². The van der Waals surface area contributed by atoms with Gasteiger partial charge in [0, 0.05) is 11.3 Å². The molecule has 0 saturated heterocycles. The standard InChI is InChI=1S/C23H31ClN2S.C4H6O6/c1-23(2,3)27-15-12-17-4-6-18(7-5-17)16-26-22-20-11-14-25-13-10-19(20)8-9-21(22)24;5-1(3(7)8)2(6)4(9)10/h4-9,25-26H,10-16H2,1-3H3;1-2,5-6H,(H,7,8)(H,9,10)/t;1-,2-/m.1/s1. The van der Waals surface area contributed by atoms with Gasteiger partial charge >= 0.3 is 11.9 Å². The van der Waals surface area contributed by atoms with Gasteiger partial charge < -0.3 is 31.1 Å². The van der Waals surface area contributed by atoms with E-state index in [9.17, 15) is 9.59 Å². The molecule has 0 bridgehead atoms. The number of carbonyl (C=O) groups is 2. The third kappa shape index (κ3) is 10.5. The van der Waals surface area contributed by atoms with Gasteiger partial charge in [-0.05, 0) is 66.4 Å². The van der Waals surface area contributed by atoms with E-state index < -0.39 is 24.1 Å². The molecule has 2 atom stereocenters. The number of aliphatic carboxylic acids is 2. The van der Waals surface area contributed by atoms with Gasteiger partial charge in [0.1, 0.15) is 0 Å². The van der Waals surface area contributed by atoms with Gasteiger partial charge in [0.15, 0.2) is 12.2 Å². The lowest BCUT2D eigenvalue weighted by molar-refractivity contribution is -0.165. The van der Waals surface area contributed by atoms with E-state index >= 15 is 0 Å². The van der Waals surface area contributed by atoms with Crippen LogP contribution in [-0.4, -0.2) is 68.2 Å². The highest BCUT2D eigenvalue weighted by molar-refractivity contribution is 8.00. The second-order valence-corrected chi connectivity index (χ2v) is 12.1. The summed E-state index contributed by atoms with van der Waals surface area (Å²) in [6.45, 7) is 9.70. The molecule has 0 amide bonds. The number of aliphatic hydroxyl groups excluding tert-OH is 2. The molecular formula is C27H37ClN2O6S. The van der Waals surface area contributed by atoms with E-state index in [1.54, 1.807) is 0 Å². The number of halogens is 1. The lowest BCUT2D eigenvalue weighted by atomic mass is 10.0. The van der Waals surface area contributed by atoms with E-state index in [1.807, 2.05) is 17.8 Å². The number of thioether (sulfide) groups is 1. The molecule has 0 aromatic heterocycles. The van der Waals surface area contributed by atoms with Crippen LogP contribution in [-0.2, 0) is 35.4 Å². The van der Waals surface area contributed by atoms with Crippen molar-refractivity contribution in [2.24, 2.45) is 0 Å². The molecule has 2 aromatic rings. The van der Waals surface area contributed by atoms with Crippen molar-refractivity contribution < 1.29 is 30.0 Å². The molecule has 0 unspecified atom stereocenters. The molecule has 6 N–H and O–H groups in total. The maximum Gasteiger partial charge on any atom is 0.335 e. The zero-order chi connectivity index (χ0) is 27.6. The van der Waals surface area contributed by atoms with Crippen LogP contribution in [0.5, 0.6) is 0 Å². The van der Waals surface area contributed by atoms with E-state index in [4.69, 9.17) is 32.0 Å². The van der Waals surface area contributed by atoms with Crippen molar-refractivity contribution in [2.45, 2.75) is 63.5 Å². The SMILES string of the molecule is CC(C)(C)SCCc1ccc(CNc2c(Cl)ccc3c2CCNCC3)cc1.O=C(O)[C@H](O)[C@@H](O)C(=O)O. The highest BCUT2D eigenvalue weighted by atomic mass is 35.5. The lowest BCUT2D eigenvalue weighted by Gasteiger charge is -2.17.